The maximum Gasteiger partial charge on any atom is 0.119 e. The minimum absolute atomic E-state index is 0.135. The van der Waals surface area contributed by atoms with E-state index in [2.05, 4.69) is 11.4 Å². The highest BCUT2D eigenvalue weighted by Gasteiger charge is 2.22. The minimum atomic E-state index is -0.647. The molecule has 2 aromatic rings. The Balaban J connectivity index is 1.29. The summed E-state index contributed by atoms with van der Waals surface area (Å²) in [6.07, 6.45) is 3.91. The van der Waals surface area contributed by atoms with Crippen LogP contribution in [0, 0.1) is 17.2 Å². The number of allylic oxidation sites excluding steroid dienone is 2. The van der Waals surface area contributed by atoms with E-state index in [1.54, 1.807) is 18.2 Å². The third-order valence-corrected chi connectivity index (χ3v) is 5.69. The van der Waals surface area contributed by atoms with Crippen LogP contribution in [-0.4, -0.2) is 54.3 Å². The number of nitriles is 1. The molecule has 0 radical (unpaired) electrons. The molecule has 3 rings (SSSR count). The Kier molecular flexibility index (Phi) is 10.1. The first-order valence-corrected chi connectivity index (χ1v) is 11.5. The van der Waals surface area contributed by atoms with Crippen molar-refractivity contribution < 1.29 is 24.8 Å². The summed E-state index contributed by atoms with van der Waals surface area (Å²) < 4.78 is 11.3. The highest BCUT2D eigenvalue weighted by molar-refractivity contribution is 5.32. The third kappa shape index (κ3) is 8.01. The lowest BCUT2D eigenvalue weighted by Gasteiger charge is -2.23. The number of nitrogens with zero attached hydrogens (tertiary/aromatic N) is 1. The lowest BCUT2D eigenvalue weighted by Crippen LogP contribution is -2.31. The van der Waals surface area contributed by atoms with Crippen molar-refractivity contribution in [3.8, 4) is 11.8 Å². The first-order chi connectivity index (χ1) is 16.6. The van der Waals surface area contributed by atoms with E-state index in [1.807, 2.05) is 42.5 Å². The van der Waals surface area contributed by atoms with E-state index in [-0.39, 0.29) is 18.3 Å². The molecule has 1 aliphatic carbocycles. The quantitative estimate of drug-likeness (QED) is 0.337. The second kappa shape index (κ2) is 13.5. The zero-order chi connectivity index (χ0) is 24.2. The zero-order valence-electron chi connectivity index (χ0n) is 19.2. The van der Waals surface area contributed by atoms with Crippen LogP contribution < -0.4 is 10.1 Å². The summed E-state index contributed by atoms with van der Waals surface area (Å²) in [5.74, 6) is 0.610. The molecule has 0 spiro atoms. The SMILES string of the molecule is N#Cc1cccc(COCCOc2ccc(CCNCC(O)C3=CC=C(O)C(CO)C3)cc2)c1. The number of nitrogens with one attached hydrogen (secondary N) is 1. The zero-order valence-corrected chi connectivity index (χ0v) is 19.2. The normalized spacial score (nSPS) is 16.3. The van der Waals surface area contributed by atoms with Crippen LogP contribution in [0.25, 0.3) is 0 Å². The fourth-order valence-electron chi connectivity index (χ4n) is 3.68. The summed E-state index contributed by atoms with van der Waals surface area (Å²) >= 11 is 0. The largest absolute Gasteiger partial charge is 0.512 e. The highest BCUT2D eigenvalue weighted by Crippen LogP contribution is 2.25. The van der Waals surface area contributed by atoms with Gasteiger partial charge in [0.1, 0.15) is 12.4 Å². The molecule has 0 fully saturated rings. The van der Waals surface area contributed by atoms with Crippen LogP contribution in [0.5, 0.6) is 5.75 Å². The first-order valence-electron chi connectivity index (χ1n) is 11.5. The molecule has 0 aliphatic heterocycles. The summed E-state index contributed by atoms with van der Waals surface area (Å²) in [7, 11) is 0. The summed E-state index contributed by atoms with van der Waals surface area (Å²) in [6.45, 7) is 2.34. The third-order valence-electron chi connectivity index (χ3n) is 5.69. The van der Waals surface area contributed by atoms with Gasteiger partial charge in [-0.3, -0.25) is 0 Å². The Morgan fingerprint density at radius 1 is 1.09 bits per heavy atom. The molecule has 7 nitrogen and oxygen atoms in total. The highest BCUT2D eigenvalue weighted by atomic mass is 16.5. The molecule has 2 unspecified atom stereocenters. The molecule has 180 valence electrons. The van der Waals surface area contributed by atoms with Crippen LogP contribution in [-0.2, 0) is 17.8 Å². The Morgan fingerprint density at radius 3 is 2.68 bits per heavy atom. The van der Waals surface area contributed by atoms with E-state index in [9.17, 15) is 15.3 Å². The van der Waals surface area contributed by atoms with E-state index in [4.69, 9.17) is 14.7 Å². The van der Waals surface area contributed by atoms with E-state index >= 15 is 0 Å². The number of aliphatic hydroxyl groups is 3. The van der Waals surface area contributed by atoms with Gasteiger partial charge in [0.05, 0.1) is 43.3 Å². The van der Waals surface area contributed by atoms with Crippen molar-refractivity contribution in [2.45, 2.75) is 25.6 Å². The number of benzene rings is 2. The van der Waals surface area contributed by atoms with E-state index in [0.717, 1.165) is 35.4 Å². The van der Waals surface area contributed by atoms with Crippen LogP contribution in [0.4, 0.5) is 0 Å². The van der Waals surface area contributed by atoms with Crippen molar-refractivity contribution in [2.75, 3.05) is 32.9 Å². The van der Waals surface area contributed by atoms with Crippen molar-refractivity contribution >= 4 is 0 Å². The predicted octanol–water partition coefficient (Wildman–Crippen LogP) is 3.03. The fraction of sp³-hybridized carbons (Fsp3) is 0.370. The van der Waals surface area contributed by atoms with Crippen LogP contribution in [0.15, 0.2) is 72.0 Å². The number of hydrogen-bond acceptors (Lipinski definition) is 7. The van der Waals surface area contributed by atoms with Crippen molar-refractivity contribution in [3.63, 3.8) is 0 Å². The van der Waals surface area contributed by atoms with Gasteiger partial charge in [-0.1, -0.05) is 30.3 Å². The topological polar surface area (TPSA) is 115 Å². The summed E-state index contributed by atoms with van der Waals surface area (Å²) in [5.41, 5.74) is 3.56. The van der Waals surface area contributed by atoms with E-state index < -0.39 is 6.10 Å². The predicted molar refractivity (Wildman–Crippen MR) is 129 cm³/mol. The Bertz CT molecular complexity index is 1010. The van der Waals surface area contributed by atoms with Gasteiger partial charge in [0, 0.05) is 12.5 Å². The first kappa shape index (κ1) is 25.5. The van der Waals surface area contributed by atoms with Gasteiger partial charge in [-0.05, 0) is 66.4 Å². The molecular weight excluding hydrogens is 432 g/mol. The van der Waals surface area contributed by atoms with Crippen molar-refractivity contribution in [1.29, 1.82) is 5.26 Å². The molecule has 0 heterocycles. The Labute approximate surface area is 200 Å². The van der Waals surface area contributed by atoms with Gasteiger partial charge in [-0.2, -0.15) is 5.26 Å². The van der Waals surface area contributed by atoms with Crippen LogP contribution >= 0.6 is 0 Å². The maximum absolute atomic E-state index is 10.4. The van der Waals surface area contributed by atoms with Crippen LogP contribution in [0.2, 0.25) is 0 Å². The molecule has 4 N–H and O–H groups in total. The molecule has 2 aromatic carbocycles. The number of aliphatic hydroxyl groups excluding tert-OH is 3. The Morgan fingerprint density at radius 2 is 1.91 bits per heavy atom. The lowest BCUT2D eigenvalue weighted by molar-refractivity contribution is 0.0889. The van der Waals surface area contributed by atoms with E-state index in [0.29, 0.717) is 38.3 Å². The standard InChI is InChI=1S/C27H32N2O5/c28-16-21-2-1-3-22(14-21)19-33-12-13-34-25-7-4-20(5-8-25)10-11-29-17-27(32)23-6-9-26(31)24(15-23)18-30/h1-9,14,24,27,29-32H,10-13,15,17-19H2. The smallest absolute Gasteiger partial charge is 0.119 e. The molecule has 0 amide bonds. The van der Waals surface area contributed by atoms with Gasteiger partial charge >= 0.3 is 0 Å². The average Bonchev–Trinajstić information content (AvgIpc) is 2.87. The molecule has 2 atom stereocenters. The van der Waals surface area contributed by atoms with Gasteiger partial charge in [-0.25, -0.2) is 0 Å². The molecule has 7 heteroatoms. The van der Waals surface area contributed by atoms with Gasteiger partial charge in [0.25, 0.3) is 0 Å². The van der Waals surface area contributed by atoms with Gasteiger partial charge in [0.15, 0.2) is 0 Å². The molecule has 0 bridgehead atoms. The second-order valence-electron chi connectivity index (χ2n) is 8.24. The second-order valence-corrected chi connectivity index (χ2v) is 8.24. The van der Waals surface area contributed by atoms with Gasteiger partial charge in [0.2, 0.25) is 0 Å². The summed E-state index contributed by atoms with van der Waals surface area (Å²) in [4.78, 5) is 0. The minimum Gasteiger partial charge on any atom is -0.512 e. The van der Waals surface area contributed by atoms with Gasteiger partial charge in [-0.15, -0.1) is 0 Å². The number of ether oxygens (including phenoxy) is 2. The monoisotopic (exact) mass is 464 g/mol. The molecule has 0 aromatic heterocycles. The molecule has 34 heavy (non-hydrogen) atoms. The lowest BCUT2D eigenvalue weighted by atomic mass is 9.90. The van der Waals surface area contributed by atoms with Crippen LogP contribution in [0.3, 0.4) is 0 Å². The fourth-order valence-corrected chi connectivity index (χ4v) is 3.68. The van der Waals surface area contributed by atoms with Crippen LogP contribution in [0.1, 0.15) is 23.1 Å². The van der Waals surface area contributed by atoms with Crippen molar-refractivity contribution in [3.05, 3.63) is 88.7 Å². The van der Waals surface area contributed by atoms with Crippen molar-refractivity contribution in [2.24, 2.45) is 5.92 Å². The van der Waals surface area contributed by atoms with Gasteiger partial charge < -0.3 is 30.1 Å². The van der Waals surface area contributed by atoms with E-state index in [1.165, 1.54) is 0 Å². The number of rotatable bonds is 13. The number of hydrogen-bond donors (Lipinski definition) is 4. The molecular formula is C27H32N2O5. The Hall–Kier alpha value is -3.15. The molecule has 1 aliphatic rings. The molecule has 0 saturated carbocycles. The maximum atomic E-state index is 10.4. The summed E-state index contributed by atoms with van der Waals surface area (Å²) in [5, 5.41) is 41.5. The average molecular weight is 465 g/mol. The summed E-state index contributed by atoms with van der Waals surface area (Å²) in [6, 6.07) is 17.4. The molecule has 0 saturated heterocycles. The van der Waals surface area contributed by atoms with Crippen molar-refractivity contribution in [1.82, 2.24) is 5.32 Å².